The summed E-state index contributed by atoms with van der Waals surface area (Å²) in [7, 11) is 0. The molecule has 1 atom stereocenters. The summed E-state index contributed by atoms with van der Waals surface area (Å²) >= 11 is 1.66. The SMILES string of the molecule is O=C(NC1CCCCC1)NC1CCN(c2nccs2)C1. The van der Waals surface area contributed by atoms with E-state index in [1.807, 2.05) is 11.6 Å². The fraction of sp³-hybridized carbons (Fsp3) is 0.714. The molecule has 6 heteroatoms. The summed E-state index contributed by atoms with van der Waals surface area (Å²) < 4.78 is 0. The highest BCUT2D eigenvalue weighted by atomic mass is 32.1. The smallest absolute Gasteiger partial charge is 0.315 e. The van der Waals surface area contributed by atoms with Gasteiger partial charge in [0.2, 0.25) is 0 Å². The summed E-state index contributed by atoms with van der Waals surface area (Å²) in [6.07, 6.45) is 8.88. The van der Waals surface area contributed by atoms with E-state index in [-0.39, 0.29) is 12.1 Å². The van der Waals surface area contributed by atoms with Crippen molar-refractivity contribution in [3.63, 3.8) is 0 Å². The maximum Gasteiger partial charge on any atom is 0.315 e. The molecule has 3 rings (SSSR count). The Bertz CT molecular complexity index is 430. The van der Waals surface area contributed by atoms with Gasteiger partial charge in [-0.15, -0.1) is 11.3 Å². The number of nitrogens with one attached hydrogen (secondary N) is 2. The number of rotatable bonds is 3. The van der Waals surface area contributed by atoms with Gasteiger partial charge < -0.3 is 15.5 Å². The number of anilines is 1. The third-order valence-electron chi connectivity index (χ3n) is 4.15. The fourth-order valence-electron chi connectivity index (χ4n) is 3.08. The van der Waals surface area contributed by atoms with E-state index in [1.54, 1.807) is 11.3 Å². The van der Waals surface area contributed by atoms with Crippen LogP contribution in [0.5, 0.6) is 0 Å². The van der Waals surface area contributed by atoms with Crippen LogP contribution in [-0.4, -0.2) is 36.2 Å². The average Bonchev–Trinajstić information content (AvgIpc) is 3.10. The number of hydrogen-bond acceptors (Lipinski definition) is 4. The monoisotopic (exact) mass is 294 g/mol. The van der Waals surface area contributed by atoms with Crippen LogP contribution in [0, 0.1) is 0 Å². The van der Waals surface area contributed by atoms with E-state index in [2.05, 4.69) is 20.5 Å². The Morgan fingerprint density at radius 3 is 2.75 bits per heavy atom. The molecular weight excluding hydrogens is 272 g/mol. The van der Waals surface area contributed by atoms with Crippen LogP contribution < -0.4 is 15.5 Å². The third-order valence-corrected chi connectivity index (χ3v) is 4.99. The molecule has 1 aromatic rings. The second kappa shape index (κ2) is 6.43. The minimum atomic E-state index is 0.00267. The van der Waals surface area contributed by atoms with Crippen LogP contribution in [0.1, 0.15) is 38.5 Å². The number of hydrogen-bond donors (Lipinski definition) is 2. The van der Waals surface area contributed by atoms with E-state index in [9.17, 15) is 4.79 Å². The van der Waals surface area contributed by atoms with Gasteiger partial charge in [0.1, 0.15) is 0 Å². The molecule has 1 unspecified atom stereocenters. The van der Waals surface area contributed by atoms with E-state index in [1.165, 1.54) is 19.3 Å². The largest absolute Gasteiger partial charge is 0.346 e. The average molecular weight is 294 g/mol. The van der Waals surface area contributed by atoms with Gasteiger partial charge in [-0.1, -0.05) is 19.3 Å². The predicted molar refractivity (Wildman–Crippen MR) is 81.3 cm³/mol. The number of aromatic nitrogens is 1. The molecule has 2 fully saturated rings. The van der Waals surface area contributed by atoms with Gasteiger partial charge in [-0.05, 0) is 19.3 Å². The molecule has 1 saturated heterocycles. The minimum Gasteiger partial charge on any atom is -0.346 e. The first-order valence-corrected chi connectivity index (χ1v) is 8.41. The summed E-state index contributed by atoms with van der Waals surface area (Å²) in [6.45, 7) is 1.84. The lowest BCUT2D eigenvalue weighted by molar-refractivity contribution is 0.229. The van der Waals surface area contributed by atoms with Crippen molar-refractivity contribution in [2.24, 2.45) is 0 Å². The Hall–Kier alpha value is -1.30. The fourth-order valence-corrected chi connectivity index (χ4v) is 3.76. The molecule has 1 aromatic heterocycles. The molecule has 2 aliphatic rings. The van der Waals surface area contributed by atoms with Crippen LogP contribution in [0.2, 0.25) is 0 Å². The van der Waals surface area contributed by atoms with Crippen LogP contribution in [0.3, 0.4) is 0 Å². The Morgan fingerprint density at radius 2 is 2.00 bits per heavy atom. The predicted octanol–water partition coefficient (Wildman–Crippen LogP) is 2.35. The van der Waals surface area contributed by atoms with Gasteiger partial charge in [0, 0.05) is 36.8 Å². The number of nitrogens with zero attached hydrogens (tertiary/aromatic N) is 2. The summed E-state index contributed by atoms with van der Waals surface area (Å²) in [5.74, 6) is 0. The number of urea groups is 1. The maximum atomic E-state index is 12.0. The Labute approximate surface area is 123 Å². The Balaban J connectivity index is 1.43. The zero-order chi connectivity index (χ0) is 13.8. The molecular formula is C14H22N4OS. The summed E-state index contributed by atoms with van der Waals surface area (Å²) in [4.78, 5) is 18.6. The number of amides is 2. The first kappa shape index (κ1) is 13.7. The lowest BCUT2D eigenvalue weighted by Crippen LogP contribution is -2.47. The molecule has 5 nitrogen and oxygen atoms in total. The van der Waals surface area contributed by atoms with Crippen LogP contribution in [0.15, 0.2) is 11.6 Å². The van der Waals surface area contributed by atoms with E-state index < -0.39 is 0 Å². The van der Waals surface area contributed by atoms with Gasteiger partial charge in [0.25, 0.3) is 0 Å². The first-order valence-electron chi connectivity index (χ1n) is 7.53. The van der Waals surface area contributed by atoms with Crippen molar-refractivity contribution in [3.05, 3.63) is 11.6 Å². The number of carbonyl (C=O) groups excluding carboxylic acids is 1. The minimum absolute atomic E-state index is 0.00267. The van der Waals surface area contributed by atoms with Crippen molar-refractivity contribution in [2.75, 3.05) is 18.0 Å². The van der Waals surface area contributed by atoms with Gasteiger partial charge >= 0.3 is 6.03 Å². The molecule has 110 valence electrons. The van der Waals surface area contributed by atoms with Gasteiger partial charge in [-0.3, -0.25) is 0 Å². The van der Waals surface area contributed by atoms with Crippen molar-refractivity contribution < 1.29 is 4.79 Å². The lowest BCUT2D eigenvalue weighted by atomic mass is 9.96. The molecule has 2 N–H and O–H groups in total. The summed E-state index contributed by atoms with van der Waals surface area (Å²) in [5.41, 5.74) is 0. The third kappa shape index (κ3) is 3.42. The van der Waals surface area contributed by atoms with Crippen LogP contribution in [0.4, 0.5) is 9.93 Å². The van der Waals surface area contributed by atoms with E-state index in [4.69, 9.17) is 0 Å². The van der Waals surface area contributed by atoms with E-state index in [0.29, 0.717) is 6.04 Å². The summed E-state index contributed by atoms with van der Waals surface area (Å²) in [6, 6.07) is 0.616. The number of carbonyl (C=O) groups is 1. The molecule has 2 heterocycles. The zero-order valence-electron chi connectivity index (χ0n) is 11.7. The topological polar surface area (TPSA) is 57.3 Å². The Kier molecular flexibility index (Phi) is 4.40. The number of thiazole rings is 1. The van der Waals surface area contributed by atoms with Crippen LogP contribution in [-0.2, 0) is 0 Å². The Morgan fingerprint density at radius 1 is 1.20 bits per heavy atom. The molecule has 0 bridgehead atoms. The van der Waals surface area contributed by atoms with E-state index in [0.717, 1.165) is 37.5 Å². The molecule has 1 aliphatic heterocycles. The van der Waals surface area contributed by atoms with Gasteiger partial charge in [-0.2, -0.15) is 0 Å². The zero-order valence-corrected chi connectivity index (χ0v) is 12.5. The summed E-state index contributed by atoms with van der Waals surface area (Å²) in [5, 5.41) is 9.27. The molecule has 0 aromatic carbocycles. The molecule has 1 saturated carbocycles. The van der Waals surface area contributed by atoms with Gasteiger partial charge in [0.15, 0.2) is 5.13 Å². The van der Waals surface area contributed by atoms with Crippen LogP contribution >= 0.6 is 11.3 Å². The quantitative estimate of drug-likeness (QED) is 0.899. The normalized spacial score (nSPS) is 23.8. The van der Waals surface area contributed by atoms with Crippen molar-refractivity contribution in [1.29, 1.82) is 0 Å². The standard InChI is InChI=1S/C14H22N4OS/c19-13(16-11-4-2-1-3-5-11)17-12-6-8-18(10-12)14-15-7-9-20-14/h7,9,11-12H,1-6,8,10H2,(H2,16,17,19). The molecule has 0 spiro atoms. The highest BCUT2D eigenvalue weighted by Gasteiger charge is 2.26. The molecule has 20 heavy (non-hydrogen) atoms. The van der Waals surface area contributed by atoms with Gasteiger partial charge in [-0.25, -0.2) is 9.78 Å². The van der Waals surface area contributed by atoms with Crippen LogP contribution in [0.25, 0.3) is 0 Å². The molecule has 2 amide bonds. The molecule has 1 aliphatic carbocycles. The highest BCUT2D eigenvalue weighted by molar-refractivity contribution is 7.13. The molecule has 0 radical (unpaired) electrons. The first-order chi connectivity index (χ1) is 9.81. The lowest BCUT2D eigenvalue weighted by Gasteiger charge is -2.24. The van der Waals surface area contributed by atoms with Crippen molar-refractivity contribution in [3.8, 4) is 0 Å². The van der Waals surface area contributed by atoms with Crippen molar-refractivity contribution >= 4 is 22.5 Å². The van der Waals surface area contributed by atoms with Crippen molar-refractivity contribution in [1.82, 2.24) is 15.6 Å². The second-order valence-electron chi connectivity index (χ2n) is 5.70. The maximum absolute atomic E-state index is 12.0. The van der Waals surface area contributed by atoms with Crippen molar-refractivity contribution in [2.45, 2.75) is 50.6 Å². The highest BCUT2D eigenvalue weighted by Crippen LogP contribution is 2.22. The van der Waals surface area contributed by atoms with Gasteiger partial charge in [0.05, 0.1) is 0 Å². The van der Waals surface area contributed by atoms with E-state index >= 15 is 0 Å². The second-order valence-corrected chi connectivity index (χ2v) is 6.57.